The van der Waals surface area contributed by atoms with Gasteiger partial charge in [-0.05, 0) is 15.9 Å². The SMILES string of the molecule is FC(F)=C(F)c1c(F)c(F)c(Br)c(F)c1F. The van der Waals surface area contributed by atoms with Crippen molar-refractivity contribution in [3.05, 3.63) is 39.4 Å². The van der Waals surface area contributed by atoms with Crippen molar-refractivity contribution >= 4 is 21.8 Å². The highest BCUT2D eigenvalue weighted by molar-refractivity contribution is 9.10. The minimum atomic E-state index is -3.08. The number of hydrogen-bond donors (Lipinski definition) is 0. The Labute approximate surface area is 92.5 Å². The molecule has 1 aromatic carbocycles. The monoisotopic (exact) mass is 308 g/mol. The Morgan fingerprint density at radius 1 is 0.750 bits per heavy atom. The minimum Gasteiger partial charge on any atom is -0.203 e. The molecule has 0 amide bonds. The quantitative estimate of drug-likeness (QED) is 0.406. The van der Waals surface area contributed by atoms with E-state index in [2.05, 4.69) is 15.9 Å². The first-order valence-electron chi connectivity index (χ1n) is 3.51. The first-order chi connectivity index (χ1) is 7.29. The van der Waals surface area contributed by atoms with Crippen molar-refractivity contribution in [3.8, 4) is 0 Å². The Bertz CT molecular complexity index is 447. The number of benzene rings is 1. The van der Waals surface area contributed by atoms with Crippen molar-refractivity contribution in [1.82, 2.24) is 0 Å². The first kappa shape index (κ1) is 13.0. The van der Waals surface area contributed by atoms with Crippen LogP contribution in [0, 0.1) is 23.3 Å². The summed E-state index contributed by atoms with van der Waals surface area (Å²) in [6.45, 7) is 0. The van der Waals surface area contributed by atoms with Crippen molar-refractivity contribution < 1.29 is 30.7 Å². The maximum absolute atomic E-state index is 12.9. The molecule has 0 unspecified atom stereocenters. The standard InChI is InChI=1S/C8BrF7/c9-2-6(13)3(10)1(4(11)7(2)14)5(12)8(15)16. The summed E-state index contributed by atoms with van der Waals surface area (Å²) in [5, 5.41) is 0. The van der Waals surface area contributed by atoms with Crippen LogP contribution in [-0.4, -0.2) is 0 Å². The molecule has 0 aliphatic carbocycles. The predicted octanol–water partition coefficient (Wildman–Crippen LogP) is 4.54. The normalized spacial score (nSPS) is 10.5. The number of halogens is 8. The zero-order valence-corrected chi connectivity index (χ0v) is 8.61. The Balaban J connectivity index is 3.72. The highest BCUT2D eigenvalue weighted by atomic mass is 79.9. The number of hydrogen-bond acceptors (Lipinski definition) is 0. The molecule has 88 valence electrons. The molecular weight excluding hydrogens is 309 g/mol. The van der Waals surface area contributed by atoms with Gasteiger partial charge in [-0.2, -0.15) is 8.78 Å². The predicted molar refractivity (Wildman–Crippen MR) is 44.2 cm³/mol. The maximum atomic E-state index is 12.9. The third kappa shape index (κ3) is 1.93. The molecule has 8 heteroatoms. The topological polar surface area (TPSA) is 0 Å². The van der Waals surface area contributed by atoms with Crippen LogP contribution in [0.3, 0.4) is 0 Å². The van der Waals surface area contributed by atoms with Gasteiger partial charge in [-0.3, -0.25) is 0 Å². The molecule has 0 nitrogen and oxygen atoms in total. The van der Waals surface area contributed by atoms with E-state index >= 15 is 0 Å². The molecule has 0 aliphatic rings. The molecule has 0 fully saturated rings. The molecule has 0 aromatic heterocycles. The van der Waals surface area contributed by atoms with Crippen LogP contribution in [0.1, 0.15) is 5.56 Å². The molecule has 0 spiro atoms. The maximum Gasteiger partial charge on any atom is 0.306 e. The van der Waals surface area contributed by atoms with Gasteiger partial charge in [0.05, 0.1) is 10.0 Å². The van der Waals surface area contributed by atoms with E-state index in [1.807, 2.05) is 0 Å². The van der Waals surface area contributed by atoms with Crippen molar-refractivity contribution in [1.29, 1.82) is 0 Å². The molecule has 0 atom stereocenters. The zero-order chi connectivity index (χ0) is 12.6. The highest BCUT2D eigenvalue weighted by Gasteiger charge is 2.28. The van der Waals surface area contributed by atoms with E-state index in [-0.39, 0.29) is 0 Å². The van der Waals surface area contributed by atoms with Crippen molar-refractivity contribution in [2.24, 2.45) is 0 Å². The van der Waals surface area contributed by atoms with Gasteiger partial charge in [0.2, 0.25) is 5.83 Å². The van der Waals surface area contributed by atoms with Gasteiger partial charge in [-0.25, -0.2) is 22.0 Å². The molecule has 0 N–H and O–H groups in total. The van der Waals surface area contributed by atoms with E-state index in [0.717, 1.165) is 0 Å². The summed E-state index contributed by atoms with van der Waals surface area (Å²) < 4.78 is 86.2. The Hall–Kier alpha value is -1.05. The summed E-state index contributed by atoms with van der Waals surface area (Å²) in [5.41, 5.74) is -2.07. The second kappa shape index (κ2) is 4.44. The van der Waals surface area contributed by atoms with Gasteiger partial charge in [0.25, 0.3) is 0 Å². The molecule has 0 radical (unpaired) electrons. The summed E-state index contributed by atoms with van der Waals surface area (Å²) in [7, 11) is 0. The lowest BCUT2D eigenvalue weighted by molar-refractivity contribution is 0.400. The van der Waals surface area contributed by atoms with Crippen molar-refractivity contribution in [2.75, 3.05) is 0 Å². The van der Waals surface area contributed by atoms with Crippen LogP contribution in [0.5, 0.6) is 0 Å². The van der Waals surface area contributed by atoms with E-state index in [1.165, 1.54) is 0 Å². The van der Waals surface area contributed by atoms with Crippen LogP contribution in [0.25, 0.3) is 5.83 Å². The van der Waals surface area contributed by atoms with Crippen molar-refractivity contribution in [3.63, 3.8) is 0 Å². The Morgan fingerprint density at radius 2 is 1.12 bits per heavy atom. The third-order valence-corrected chi connectivity index (χ3v) is 2.29. The molecule has 0 heterocycles. The third-order valence-electron chi connectivity index (χ3n) is 1.60. The summed E-state index contributed by atoms with van der Waals surface area (Å²) >= 11 is 2.15. The smallest absolute Gasteiger partial charge is 0.203 e. The minimum absolute atomic E-state index is 1.24. The second-order valence-corrected chi connectivity index (χ2v) is 3.31. The van der Waals surface area contributed by atoms with E-state index < -0.39 is 45.2 Å². The average molecular weight is 309 g/mol. The summed E-state index contributed by atoms with van der Waals surface area (Å²) in [6.07, 6.45) is -3.08. The average Bonchev–Trinajstić information content (AvgIpc) is 2.23. The van der Waals surface area contributed by atoms with Crippen molar-refractivity contribution in [2.45, 2.75) is 0 Å². The largest absolute Gasteiger partial charge is 0.306 e. The van der Waals surface area contributed by atoms with E-state index in [4.69, 9.17) is 0 Å². The number of rotatable bonds is 1. The Morgan fingerprint density at radius 3 is 1.44 bits per heavy atom. The van der Waals surface area contributed by atoms with Crippen LogP contribution in [-0.2, 0) is 0 Å². The fraction of sp³-hybridized carbons (Fsp3) is 0. The Kier molecular flexibility index (Phi) is 3.61. The fourth-order valence-electron chi connectivity index (χ4n) is 0.892. The molecule has 0 aliphatic heterocycles. The van der Waals surface area contributed by atoms with Gasteiger partial charge < -0.3 is 0 Å². The van der Waals surface area contributed by atoms with Gasteiger partial charge in [-0.15, -0.1) is 0 Å². The molecule has 1 rings (SSSR count). The molecular formula is C8BrF7. The molecule has 1 aromatic rings. The van der Waals surface area contributed by atoms with E-state index in [0.29, 0.717) is 0 Å². The van der Waals surface area contributed by atoms with Gasteiger partial charge in [0.15, 0.2) is 23.3 Å². The van der Waals surface area contributed by atoms with Crippen LogP contribution in [0.4, 0.5) is 30.7 Å². The lowest BCUT2D eigenvalue weighted by Crippen LogP contribution is -2.03. The summed E-state index contributed by atoms with van der Waals surface area (Å²) in [4.78, 5) is 0. The van der Waals surface area contributed by atoms with E-state index in [1.54, 1.807) is 0 Å². The van der Waals surface area contributed by atoms with Gasteiger partial charge in [-0.1, -0.05) is 0 Å². The molecule has 0 bridgehead atoms. The van der Waals surface area contributed by atoms with Gasteiger partial charge in [0.1, 0.15) is 0 Å². The fourth-order valence-corrected chi connectivity index (χ4v) is 1.24. The first-order valence-corrected chi connectivity index (χ1v) is 4.30. The van der Waals surface area contributed by atoms with Crippen LogP contribution in [0.15, 0.2) is 10.6 Å². The van der Waals surface area contributed by atoms with Gasteiger partial charge in [0, 0.05) is 0 Å². The molecule has 16 heavy (non-hydrogen) atoms. The second-order valence-electron chi connectivity index (χ2n) is 2.52. The lowest BCUT2D eigenvalue weighted by atomic mass is 10.1. The van der Waals surface area contributed by atoms with Crippen LogP contribution >= 0.6 is 15.9 Å². The van der Waals surface area contributed by atoms with E-state index in [9.17, 15) is 30.7 Å². The lowest BCUT2D eigenvalue weighted by Gasteiger charge is -2.06. The zero-order valence-electron chi connectivity index (χ0n) is 7.02. The highest BCUT2D eigenvalue weighted by Crippen LogP contribution is 2.34. The van der Waals surface area contributed by atoms with Gasteiger partial charge >= 0.3 is 6.08 Å². The molecule has 0 saturated carbocycles. The molecule has 0 saturated heterocycles. The van der Waals surface area contributed by atoms with Crippen LogP contribution < -0.4 is 0 Å². The van der Waals surface area contributed by atoms with Crippen LogP contribution in [0.2, 0.25) is 0 Å². The summed E-state index contributed by atoms with van der Waals surface area (Å²) in [6, 6.07) is 0. The summed E-state index contributed by atoms with van der Waals surface area (Å²) in [5.74, 6) is -11.1.